The molecular formula is C55H101NO5. The van der Waals surface area contributed by atoms with Crippen LogP contribution in [0.4, 0.5) is 0 Å². The highest BCUT2D eigenvalue weighted by Crippen LogP contribution is 2.17. The van der Waals surface area contributed by atoms with Crippen LogP contribution in [0.1, 0.15) is 265 Å². The molecule has 0 aliphatic carbocycles. The van der Waals surface area contributed by atoms with E-state index >= 15 is 0 Å². The normalized spacial score (nSPS) is 13.6. The smallest absolute Gasteiger partial charge is 0.306 e. The van der Waals surface area contributed by atoms with E-state index in [2.05, 4.69) is 74.7 Å². The molecule has 1 amide bonds. The Morgan fingerprint density at radius 2 is 0.885 bits per heavy atom. The average molecular weight is 856 g/mol. The fourth-order valence-electron chi connectivity index (χ4n) is 7.86. The minimum atomic E-state index is -0.793. The maximum atomic E-state index is 13.2. The molecule has 6 nitrogen and oxygen atoms in total. The van der Waals surface area contributed by atoms with E-state index in [-0.39, 0.29) is 24.9 Å². The molecule has 0 aromatic heterocycles. The van der Waals surface area contributed by atoms with Crippen LogP contribution in [0.25, 0.3) is 0 Å². The van der Waals surface area contributed by atoms with Gasteiger partial charge >= 0.3 is 5.97 Å². The zero-order valence-electron chi connectivity index (χ0n) is 40.5. The van der Waals surface area contributed by atoms with Crippen molar-refractivity contribution in [1.29, 1.82) is 0 Å². The monoisotopic (exact) mass is 856 g/mol. The molecule has 0 aromatic rings. The van der Waals surface area contributed by atoms with Gasteiger partial charge in [-0.3, -0.25) is 9.59 Å². The molecule has 0 saturated heterocycles. The van der Waals surface area contributed by atoms with Gasteiger partial charge in [0, 0.05) is 6.42 Å². The highest BCUT2D eigenvalue weighted by molar-refractivity contribution is 5.77. The number of hydrogen-bond acceptors (Lipinski definition) is 5. The van der Waals surface area contributed by atoms with Crippen molar-refractivity contribution in [1.82, 2.24) is 5.32 Å². The molecule has 0 heterocycles. The predicted octanol–water partition coefficient (Wildman–Crippen LogP) is 15.8. The third-order valence-corrected chi connectivity index (χ3v) is 11.9. The fourth-order valence-corrected chi connectivity index (χ4v) is 7.86. The molecular weight excluding hydrogens is 755 g/mol. The van der Waals surface area contributed by atoms with Crippen molar-refractivity contribution in [3.05, 3.63) is 48.6 Å². The molecule has 3 N–H and O–H groups in total. The summed E-state index contributed by atoms with van der Waals surface area (Å²) < 4.78 is 5.93. The van der Waals surface area contributed by atoms with Gasteiger partial charge in [-0.25, -0.2) is 0 Å². The first kappa shape index (κ1) is 58.8. The molecule has 3 unspecified atom stereocenters. The van der Waals surface area contributed by atoms with Crippen LogP contribution in [0.3, 0.4) is 0 Å². The second-order valence-corrected chi connectivity index (χ2v) is 17.9. The van der Waals surface area contributed by atoms with Gasteiger partial charge < -0.3 is 20.3 Å². The van der Waals surface area contributed by atoms with E-state index in [1.165, 1.54) is 135 Å². The minimum absolute atomic E-state index is 0.0622. The Balaban J connectivity index is 4.60. The molecule has 0 rings (SSSR count). The Hall–Kier alpha value is -2.18. The lowest BCUT2D eigenvalue weighted by molar-refractivity contribution is -0.151. The van der Waals surface area contributed by atoms with Gasteiger partial charge in [0.25, 0.3) is 0 Å². The highest BCUT2D eigenvalue weighted by Gasteiger charge is 2.24. The van der Waals surface area contributed by atoms with Crippen molar-refractivity contribution in [3.63, 3.8) is 0 Å². The van der Waals surface area contributed by atoms with E-state index in [4.69, 9.17) is 4.74 Å². The van der Waals surface area contributed by atoms with Crippen LogP contribution in [0.15, 0.2) is 48.6 Å². The summed E-state index contributed by atoms with van der Waals surface area (Å²) >= 11 is 0. The molecule has 0 aliphatic heterocycles. The molecule has 0 bridgehead atoms. The van der Waals surface area contributed by atoms with Crippen LogP contribution in [-0.2, 0) is 14.3 Å². The summed E-state index contributed by atoms with van der Waals surface area (Å²) in [6.07, 6.45) is 58.9. The lowest BCUT2D eigenvalue weighted by atomic mass is 10.0. The van der Waals surface area contributed by atoms with Gasteiger partial charge in [0.05, 0.1) is 25.2 Å². The molecule has 0 spiro atoms. The second-order valence-electron chi connectivity index (χ2n) is 17.9. The van der Waals surface area contributed by atoms with Gasteiger partial charge in [0.1, 0.15) is 6.10 Å². The Kier molecular flexibility index (Phi) is 47.1. The van der Waals surface area contributed by atoms with Gasteiger partial charge in [0.2, 0.25) is 5.91 Å². The van der Waals surface area contributed by atoms with Crippen molar-refractivity contribution < 1.29 is 24.5 Å². The van der Waals surface area contributed by atoms with Gasteiger partial charge in [0.15, 0.2) is 0 Å². The molecule has 3 atom stereocenters. The molecule has 0 fully saturated rings. The number of amides is 1. The van der Waals surface area contributed by atoms with E-state index in [0.717, 1.165) is 83.5 Å². The molecule has 0 saturated carbocycles. The second kappa shape index (κ2) is 48.8. The third-order valence-electron chi connectivity index (χ3n) is 11.9. The number of hydrogen-bond donors (Lipinski definition) is 3. The molecule has 0 aliphatic rings. The number of ether oxygens (including phenoxy) is 1. The summed E-state index contributed by atoms with van der Waals surface area (Å²) in [6, 6.07) is -0.708. The first-order chi connectivity index (χ1) is 30.0. The lowest BCUT2D eigenvalue weighted by Crippen LogP contribution is -2.46. The van der Waals surface area contributed by atoms with Crippen LogP contribution in [-0.4, -0.2) is 46.9 Å². The van der Waals surface area contributed by atoms with Gasteiger partial charge in [-0.15, -0.1) is 0 Å². The number of allylic oxidation sites excluding steroid dienone is 8. The number of carbonyl (C=O) groups is 2. The number of esters is 1. The zero-order chi connectivity index (χ0) is 44.5. The quantitative estimate of drug-likeness (QED) is 0.0245. The number of aliphatic hydroxyl groups excluding tert-OH is 2. The maximum Gasteiger partial charge on any atom is 0.306 e. The van der Waals surface area contributed by atoms with Crippen LogP contribution in [0.5, 0.6) is 0 Å². The largest absolute Gasteiger partial charge is 0.462 e. The predicted molar refractivity (Wildman–Crippen MR) is 264 cm³/mol. The summed E-state index contributed by atoms with van der Waals surface area (Å²) in [7, 11) is 0. The summed E-state index contributed by atoms with van der Waals surface area (Å²) in [5.74, 6) is -0.501. The topological polar surface area (TPSA) is 95.9 Å². The summed E-state index contributed by atoms with van der Waals surface area (Å²) in [5, 5.41) is 23.7. The van der Waals surface area contributed by atoms with Crippen LogP contribution >= 0.6 is 0 Å². The van der Waals surface area contributed by atoms with Crippen molar-refractivity contribution >= 4 is 11.9 Å². The first-order valence-corrected chi connectivity index (χ1v) is 26.4. The first-order valence-electron chi connectivity index (χ1n) is 26.4. The molecule has 356 valence electrons. The van der Waals surface area contributed by atoms with E-state index in [1.807, 2.05) is 0 Å². The van der Waals surface area contributed by atoms with Crippen molar-refractivity contribution in [3.8, 4) is 0 Å². The Morgan fingerprint density at radius 3 is 1.38 bits per heavy atom. The van der Waals surface area contributed by atoms with Crippen molar-refractivity contribution in [2.24, 2.45) is 0 Å². The third kappa shape index (κ3) is 44.2. The Bertz CT molecular complexity index is 1050. The van der Waals surface area contributed by atoms with E-state index < -0.39 is 18.2 Å². The highest BCUT2D eigenvalue weighted by atomic mass is 16.5. The van der Waals surface area contributed by atoms with Crippen LogP contribution in [0, 0.1) is 0 Å². The summed E-state index contributed by atoms with van der Waals surface area (Å²) in [6.45, 7) is 6.43. The van der Waals surface area contributed by atoms with Crippen molar-refractivity contribution in [2.75, 3.05) is 6.61 Å². The summed E-state index contributed by atoms with van der Waals surface area (Å²) in [5.41, 5.74) is 0. The van der Waals surface area contributed by atoms with Gasteiger partial charge in [-0.05, 0) is 83.5 Å². The number of rotatable bonds is 47. The zero-order valence-corrected chi connectivity index (χ0v) is 40.5. The van der Waals surface area contributed by atoms with Crippen LogP contribution < -0.4 is 5.32 Å². The van der Waals surface area contributed by atoms with Crippen LogP contribution in [0.2, 0.25) is 0 Å². The number of carbonyl (C=O) groups excluding carboxylic acids is 2. The van der Waals surface area contributed by atoms with E-state index in [9.17, 15) is 19.8 Å². The number of nitrogens with one attached hydrogen (secondary N) is 1. The Morgan fingerprint density at radius 1 is 0.492 bits per heavy atom. The van der Waals surface area contributed by atoms with Gasteiger partial charge in [-0.1, -0.05) is 217 Å². The number of unbranched alkanes of at least 4 members (excludes halogenated alkanes) is 28. The number of aliphatic hydroxyl groups is 2. The molecule has 0 aromatic carbocycles. The maximum absolute atomic E-state index is 13.2. The average Bonchev–Trinajstić information content (AvgIpc) is 3.25. The molecule has 6 heteroatoms. The van der Waals surface area contributed by atoms with E-state index in [0.29, 0.717) is 19.3 Å². The van der Waals surface area contributed by atoms with E-state index in [1.54, 1.807) is 0 Å². The van der Waals surface area contributed by atoms with Gasteiger partial charge in [-0.2, -0.15) is 0 Å². The lowest BCUT2D eigenvalue weighted by Gasteiger charge is -2.24. The molecule has 61 heavy (non-hydrogen) atoms. The molecule has 0 radical (unpaired) electrons. The fraction of sp³-hybridized carbons (Fsp3) is 0.818. The minimum Gasteiger partial charge on any atom is -0.462 e. The SMILES string of the molecule is CCCCC/C=C\C/C=C\CCCCCCCC(CC(=O)NC(CO)C(O)CCCCCCCCCCC)OC(=O)CCCCCCC/C=C/C=C/CCCCCCCCC. The standard InChI is InChI=1S/C55H101NO5/c1-4-7-10-13-16-19-21-23-25-26-27-29-31-33-36-39-42-45-48-55(60)61-51(46-43-40-37-35-32-30-28-24-22-20-17-14-11-8-5-2)49-54(59)56-52(50-57)53(58)47-44-41-38-34-18-15-12-9-6-3/h17,20,24-29,51-53,57-58H,4-16,18-19,21-23,30-50H2,1-3H3,(H,56,59)/b20-17-,26-25+,28-24-,29-27+. The summed E-state index contributed by atoms with van der Waals surface area (Å²) in [4.78, 5) is 26.1. The van der Waals surface area contributed by atoms with Crippen molar-refractivity contribution in [2.45, 2.75) is 283 Å². The Labute approximate surface area is 378 Å².